The first-order valence-electron chi connectivity index (χ1n) is 19.2. The van der Waals surface area contributed by atoms with Crippen LogP contribution < -0.4 is 16.4 Å². The fourth-order valence-corrected chi connectivity index (χ4v) is 7.23. The van der Waals surface area contributed by atoms with Crippen LogP contribution in [0.1, 0.15) is 86.1 Å². The molecule has 1 saturated heterocycles. The number of nitrogens with zero attached hydrogens (tertiary/aromatic N) is 3. The summed E-state index contributed by atoms with van der Waals surface area (Å²) in [4.78, 5) is 71.2. The van der Waals surface area contributed by atoms with Gasteiger partial charge < -0.3 is 35.6 Å². The second-order valence-corrected chi connectivity index (χ2v) is 14.9. The van der Waals surface area contributed by atoms with Gasteiger partial charge in [-0.05, 0) is 44.3 Å². The lowest BCUT2D eigenvalue weighted by Crippen LogP contribution is -2.55. The quantitative estimate of drug-likeness (QED) is 0.183. The van der Waals surface area contributed by atoms with Crippen molar-refractivity contribution in [3.63, 3.8) is 0 Å². The number of likely N-dealkylation sites (tertiary alicyclic amines) is 1. The zero-order chi connectivity index (χ0) is 40.4. The molecule has 1 fully saturated rings. The standard InChI is InChI=1S/C37H62N6O7.C3H8/c1-11-24(4)33(42(8)31(45)22-39-37(48)32(23(2)3)41(6)7)29(49-9)21-30(44)43-19-15-18-28(43)34(50-10)25(5)36(47)40-27(35(38)46)20-26-16-13-12-14-17-26;1-3-2/h12-14,16-17,23-25,27-29,32-34H,11,15,18-22H2,1-10H3,(H2,38,46)(H,39,48)(H,40,47);3H2,1-2H3. The Labute approximate surface area is 319 Å². The normalized spacial score (nSPS) is 18.2. The second kappa shape index (κ2) is 24.0. The van der Waals surface area contributed by atoms with E-state index in [2.05, 4.69) is 24.5 Å². The van der Waals surface area contributed by atoms with E-state index in [0.717, 1.165) is 18.4 Å². The third-order valence-electron chi connectivity index (χ3n) is 10.1. The molecule has 0 saturated carbocycles. The predicted octanol–water partition coefficient (Wildman–Crippen LogP) is 3.24. The molecule has 5 amide bonds. The van der Waals surface area contributed by atoms with E-state index in [9.17, 15) is 24.0 Å². The molecule has 8 atom stereocenters. The Morgan fingerprint density at radius 2 is 1.55 bits per heavy atom. The molecule has 53 heavy (non-hydrogen) atoms. The van der Waals surface area contributed by atoms with Crippen LogP contribution in [0.25, 0.3) is 0 Å². The van der Waals surface area contributed by atoms with Gasteiger partial charge in [-0.15, -0.1) is 0 Å². The average molecular weight is 747 g/mol. The van der Waals surface area contributed by atoms with Crippen LogP contribution in [0, 0.1) is 17.8 Å². The molecule has 1 aromatic rings. The minimum atomic E-state index is -0.899. The molecular formula is C40H70N6O7. The highest BCUT2D eigenvalue weighted by molar-refractivity contribution is 5.88. The summed E-state index contributed by atoms with van der Waals surface area (Å²) in [5.41, 5.74) is 6.51. The molecule has 0 aliphatic carbocycles. The summed E-state index contributed by atoms with van der Waals surface area (Å²) in [6.07, 6.45) is 2.37. The van der Waals surface area contributed by atoms with E-state index in [1.807, 2.05) is 77.0 Å². The first-order chi connectivity index (χ1) is 25.0. The van der Waals surface area contributed by atoms with Gasteiger partial charge in [0.25, 0.3) is 0 Å². The van der Waals surface area contributed by atoms with Crippen molar-refractivity contribution in [1.82, 2.24) is 25.3 Å². The Morgan fingerprint density at radius 1 is 0.943 bits per heavy atom. The second-order valence-electron chi connectivity index (χ2n) is 14.9. The lowest BCUT2D eigenvalue weighted by Gasteiger charge is -2.39. The number of likely N-dealkylation sites (N-methyl/N-ethyl adjacent to an activating group) is 2. The number of nitrogens with two attached hydrogens (primary N) is 1. The molecule has 0 spiro atoms. The van der Waals surface area contributed by atoms with Gasteiger partial charge in [0.15, 0.2) is 0 Å². The molecule has 0 bridgehead atoms. The van der Waals surface area contributed by atoms with Crippen molar-refractivity contribution in [3.05, 3.63) is 35.9 Å². The molecule has 1 aliphatic heterocycles. The maximum absolute atomic E-state index is 14.0. The summed E-state index contributed by atoms with van der Waals surface area (Å²) in [5.74, 6) is -2.33. The van der Waals surface area contributed by atoms with E-state index >= 15 is 0 Å². The first kappa shape index (κ1) is 47.5. The number of benzene rings is 1. The van der Waals surface area contributed by atoms with Crippen LogP contribution in [0.2, 0.25) is 0 Å². The lowest BCUT2D eigenvalue weighted by atomic mass is 9.90. The van der Waals surface area contributed by atoms with Gasteiger partial charge in [0.1, 0.15) is 6.04 Å². The molecule has 13 heteroatoms. The number of methoxy groups -OCH3 is 2. The predicted molar refractivity (Wildman–Crippen MR) is 209 cm³/mol. The van der Waals surface area contributed by atoms with Crippen LogP contribution in [-0.4, -0.2) is 129 Å². The molecule has 302 valence electrons. The van der Waals surface area contributed by atoms with Crippen LogP contribution >= 0.6 is 0 Å². The van der Waals surface area contributed by atoms with E-state index < -0.39 is 36.1 Å². The van der Waals surface area contributed by atoms with Gasteiger partial charge in [-0.2, -0.15) is 0 Å². The minimum absolute atomic E-state index is 0.0125. The number of hydrogen-bond acceptors (Lipinski definition) is 8. The fraction of sp³-hybridized carbons (Fsp3) is 0.725. The molecule has 0 radical (unpaired) electrons. The van der Waals surface area contributed by atoms with Gasteiger partial charge in [-0.1, -0.05) is 91.6 Å². The smallest absolute Gasteiger partial charge is 0.242 e. The largest absolute Gasteiger partial charge is 0.379 e. The minimum Gasteiger partial charge on any atom is -0.379 e. The van der Waals surface area contributed by atoms with Crippen molar-refractivity contribution in [3.8, 4) is 0 Å². The summed E-state index contributed by atoms with van der Waals surface area (Å²) in [7, 11) is 8.40. The monoisotopic (exact) mass is 747 g/mol. The topological polar surface area (TPSA) is 164 Å². The Balaban J connectivity index is 0.00000452. The first-order valence-corrected chi connectivity index (χ1v) is 19.2. The van der Waals surface area contributed by atoms with Gasteiger partial charge in [-0.3, -0.25) is 28.9 Å². The number of nitrogens with one attached hydrogen (secondary N) is 2. The fourth-order valence-electron chi connectivity index (χ4n) is 7.23. The van der Waals surface area contributed by atoms with Gasteiger partial charge in [-0.25, -0.2) is 0 Å². The Hall–Kier alpha value is -3.55. The van der Waals surface area contributed by atoms with E-state index in [4.69, 9.17) is 15.2 Å². The van der Waals surface area contributed by atoms with Crippen molar-refractivity contribution in [2.45, 2.75) is 123 Å². The van der Waals surface area contributed by atoms with Crippen LogP contribution in [0.3, 0.4) is 0 Å². The zero-order valence-corrected chi connectivity index (χ0v) is 34.5. The third-order valence-corrected chi connectivity index (χ3v) is 10.1. The Bertz CT molecular complexity index is 1270. The van der Waals surface area contributed by atoms with E-state index in [0.29, 0.717) is 13.0 Å². The third kappa shape index (κ3) is 14.3. The zero-order valence-electron chi connectivity index (χ0n) is 34.5. The summed E-state index contributed by atoms with van der Waals surface area (Å²) >= 11 is 0. The molecule has 0 aromatic heterocycles. The number of amides is 5. The van der Waals surface area contributed by atoms with E-state index in [1.165, 1.54) is 20.6 Å². The van der Waals surface area contributed by atoms with Gasteiger partial charge in [0.2, 0.25) is 29.5 Å². The highest BCUT2D eigenvalue weighted by atomic mass is 16.5. The van der Waals surface area contributed by atoms with Gasteiger partial charge in [0.05, 0.1) is 49.2 Å². The Kier molecular flexibility index (Phi) is 21.5. The Morgan fingerprint density at radius 3 is 2.04 bits per heavy atom. The van der Waals surface area contributed by atoms with Gasteiger partial charge >= 0.3 is 0 Å². The number of hydrogen-bond donors (Lipinski definition) is 3. The number of rotatable bonds is 20. The number of primary amides is 1. The SMILES string of the molecule is CCC.CCC(C)C(C(CC(=O)N1CCCC1C(OC)C(C)C(=O)NC(Cc1ccccc1)C(N)=O)OC)N(C)C(=O)CNC(=O)C(C(C)C)N(C)C. The molecule has 1 aromatic carbocycles. The summed E-state index contributed by atoms with van der Waals surface area (Å²) in [6.45, 7) is 14.2. The van der Waals surface area contributed by atoms with Crippen molar-refractivity contribution in [2.75, 3.05) is 48.5 Å². The van der Waals surface area contributed by atoms with Crippen LogP contribution in [-0.2, 0) is 39.9 Å². The molecule has 4 N–H and O–H groups in total. The highest BCUT2D eigenvalue weighted by Crippen LogP contribution is 2.29. The van der Waals surface area contributed by atoms with E-state index in [-0.39, 0.29) is 66.9 Å². The molecular weight excluding hydrogens is 676 g/mol. The van der Waals surface area contributed by atoms with Crippen molar-refractivity contribution in [1.29, 1.82) is 0 Å². The average Bonchev–Trinajstić information content (AvgIpc) is 3.60. The molecule has 2 rings (SSSR count). The maximum atomic E-state index is 14.0. The highest BCUT2D eigenvalue weighted by Gasteiger charge is 2.42. The summed E-state index contributed by atoms with van der Waals surface area (Å²) in [6, 6.07) is 7.22. The van der Waals surface area contributed by atoms with Crippen molar-refractivity contribution < 1.29 is 33.4 Å². The summed E-state index contributed by atoms with van der Waals surface area (Å²) in [5, 5.41) is 5.59. The maximum Gasteiger partial charge on any atom is 0.242 e. The lowest BCUT2D eigenvalue weighted by molar-refractivity contribution is -0.146. The number of ether oxygens (including phenoxy) is 2. The van der Waals surface area contributed by atoms with Crippen molar-refractivity contribution in [2.24, 2.45) is 23.5 Å². The van der Waals surface area contributed by atoms with Crippen molar-refractivity contribution >= 4 is 29.5 Å². The van der Waals surface area contributed by atoms with Gasteiger partial charge in [0, 0.05) is 34.2 Å². The number of carbonyl (C=O) groups excluding carboxylic acids is 5. The van der Waals surface area contributed by atoms with Crippen LogP contribution in [0.5, 0.6) is 0 Å². The van der Waals surface area contributed by atoms with Crippen LogP contribution in [0.4, 0.5) is 0 Å². The molecule has 13 nitrogen and oxygen atoms in total. The molecule has 1 aliphatic rings. The summed E-state index contributed by atoms with van der Waals surface area (Å²) < 4.78 is 11.8. The number of carbonyl (C=O) groups is 5. The van der Waals surface area contributed by atoms with E-state index in [1.54, 1.807) is 23.8 Å². The molecule has 1 heterocycles. The van der Waals surface area contributed by atoms with Crippen LogP contribution in [0.15, 0.2) is 30.3 Å². The molecule has 8 unspecified atom stereocenters.